The van der Waals surface area contributed by atoms with Crippen molar-refractivity contribution in [3.05, 3.63) is 88.9 Å². The number of carbonyl (C=O) groups is 1. The number of hydrogen-bond donors (Lipinski definition) is 0. The molecular weight excluding hydrogens is 444 g/mol. The lowest BCUT2D eigenvalue weighted by Gasteiger charge is -2.44. The lowest BCUT2D eigenvalue weighted by Crippen LogP contribution is -2.68. The third-order valence-corrected chi connectivity index (χ3v) is 5.56. The van der Waals surface area contributed by atoms with Crippen molar-refractivity contribution < 1.29 is 14.3 Å². The third-order valence-electron chi connectivity index (χ3n) is 4.91. The summed E-state index contributed by atoms with van der Waals surface area (Å²) in [6.07, 6.45) is 1.17. The molecule has 0 saturated carbocycles. The van der Waals surface area contributed by atoms with Gasteiger partial charge in [-0.15, -0.1) is 0 Å². The summed E-state index contributed by atoms with van der Waals surface area (Å²) in [6.45, 7) is 0.545. The Kier molecular flexibility index (Phi) is 6.14. The van der Waals surface area contributed by atoms with Crippen LogP contribution in [0.4, 0.5) is 5.69 Å². The topological polar surface area (TPSA) is 51.1 Å². The fourth-order valence-electron chi connectivity index (χ4n) is 3.32. The van der Waals surface area contributed by atoms with Crippen LogP contribution in [0.3, 0.4) is 0 Å². The van der Waals surface area contributed by atoms with Crippen LogP contribution in [0.5, 0.6) is 11.5 Å². The molecule has 0 unspecified atom stereocenters. The van der Waals surface area contributed by atoms with Crippen molar-refractivity contribution in [2.75, 3.05) is 12.0 Å². The van der Waals surface area contributed by atoms with Gasteiger partial charge in [-0.2, -0.15) is 0 Å². The molecule has 3 aromatic carbocycles. The molecule has 152 valence electrons. The molecule has 1 fully saturated rings. The minimum absolute atomic E-state index is 0.105. The molecular formula is C24H21BrN2O3. The standard InChI is InChI=1S/C24H21BrN2O3/c1-29-19-13-11-18(12-14-19)27-21(16-26-15-17-7-3-2-4-8-17)23(24(27)28)30-22-10-6-5-9-20(22)25/h2-14,16,21,23H,15H2,1H3/t21-,23+/m0/s1. The van der Waals surface area contributed by atoms with Gasteiger partial charge in [-0.1, -0.05) is 42.5 Å². The van der Waals surface area contributed by atoms with Gasteiger partial charge in [0.15, 0.2) is 0 Å². The molecule has 4 rings (SSSR count). The lowest BCUT2D eigenvalue weighted by molar-refractivity contribution is -0.132. The Morgan fingerprint density at radius 3 is 2.40 bits per heavy atom. The van der Waals surface area contributed by atoms with Gasteiger partial charge in [0, 0.05) is 11.9 Å². The Balaban J connectivity index is 1.57. The quantitative estimate of drug-likeness (QED) is 0.369. The number of benzene rings is 3. The number of anilines is 1. The highest BCUT2D eigenvalue weighted by molar-refractivity contribution is 9.10. The zero-order chi connectivity index (χ0) is 20.9. The number of rotatable bonds is 7. The Hall–Kier alpha value is -3.12. The molecule has 1 aliphatic heterocycles. The zero-order valence-electron chi connectivity index (χ0n) is 16.4. The molecule has 0 radical (unpaired) electrons. The largest absolute Gasteiger partial charge is 0.497 e. The van der Waals surface area contributed by atoms with Crippen LogP contribution in [-0.4, -0.2) is 31.4 Å². The van der Waals surface area contributed by atoms with Crippen LogP contribution in [0.2, 0.25) is 0 Å². The Morgan fingerprint density at radius 2 is 1.70 bits per heavy atom. The van der Waals surface area contributed by atoms with Crippen molar-refractivity contribution in [3.8, 4) is 11.5 Å². The number of nitrogens with zero attached hydrogens (tertiary/aromatic N) is 2. The fourth-order valence-corrected chi connectivity index (χ4v) is 3.70. The van der Waals surface area contributed by atoms with Crippen LogP contribution < -0.4 is 14.4 Å². The van der Waals surface area contributed by atoms with E-state index in [-0.39, 0.29) is 11.9 Å². The highest BCUT2D eigenvalue weighted by Gasteiger charge is 2.49. The van der Waals surface area contributed by atoms with E-state index in [0.717, 1.165) is 21.5 Å². The summed E-state index contributed by atoms with van der Waals surface area (Å²) in [5, 5.41) is 0. The minimum Gasteiger partial charge on any atom is -0.497 e. The summed E-state index contributed by atoms with van der Waals surface area (Å²) in [5.41, 5.74) is 1.89. The van der Waals surface area contributed by atoms with Crippen molar-refractivity contribution in [1.29, 1.82) is 0 Å². The number of aliphatic imine (C=N–C) groups is 1. The van der Waals surface area contributed by atoms with Crippen molar-refractivity contribution in [2.45, 2.75) is 18.7 Å². The molecule has 0 aliphatic carbocycles. The van der Waals surface area contributed by atoms with Crippen LogP contribution >= 0.6 is 15.9 Å². The molecule has 1 heterocycles. The molecule has 6 heteroatoms. The Labute approximate surface area is 184 Å². The number of halogens is 1. The highest BCUT2D eigenvalue weighted by atomic mass is 79.9. The predicted molar refractivity (Wildman–Crippen MR) is 121 cm³/mol. The Bertz CT molecular complexity index is 1040. The first-order valence-electron chi connectivity index (χ1n) is 9.59. The van der Waals surface area contributed by atoms with Crippen molar-refractivity contribution in [1.82, 2.24) is 0 Å². The zero-order valence-corrected chi connectivity index (χ0v) is 18.0. The van der Waals surface area contributed by atoms with E-state index in [0.29, 0.717) is 12.3 Å². The molecule has 0 aromatic heterocycles. The summed E-state index contributed by atoms with van der Waals surface area (Å²) in [7, 11) is 1.62. The summed E-state index contributed by atoms with van der Waals surface area (Å²) in [5.74, 6) is 1.26. The average Bonchev–Trinajstić information content (AvgIpc) is 2.79. The van der Waals surface area contributed by atoms with Crippen LogP contribution in [0.15, 0.2) is 88.3 Å². The highest BCUT2D eigenvalue weighted by Crippen LogP contribution is 2.34. The summed E-state index contributed by atoms with van der Waals surface area (Å²) < 4.78 is 12.1. The Morgan fingerprint density at radius 1 is 1.00 bits per heavy atom. The molecule has 0 spiro atoms. The molecule has 1 saturated heterocycles. The summed E-state index contributed by atoms with van der Waals surface area (Å²) in [4.78, 5) is 19.3. The van der Waals surface area contributed by atoms with Gasteiger partial charge in [0.05, 0.1) is 18.1 Å². The minimum atomic E-state index is -0.634. The molecule has 0 bridgehead atoms. The monoisotopic (exact) mass is 464 g/mol. The normalized spacial score (nSPS) is 18.3. The van der Waals surface area contributed by atoms with Crippen molar-refractivity contribution in [2.24, 2.45) is 4.99 Å². The number of ether oxygens (including phenoxy) is 2. The second-order valence-corrected chi connectivity index (χ2v) is 7.70. The smallest absolute Gasteiger partial charge is 0.271 e. The maximum atomic E-state index is 13.0. The van der Waals surface area contributed by atoms with E-state index in [1.807, 2.05) is 78.9 Å². The average molecular weight is 465 g/mol. The van der Waals surface area contributed by atoms with Crippen molar-refractivity contribution >= 4 is 33.7 Å². The maximum Gasteiger partial charge on any atom is 0.271 e. The second-order valence-electron chi connectivity index (χ2n) is 6.84. The van der Waals surface area contributed by atoms with Crippen molar-refractivity contribution in [3.63, 3.8) is 0 Å². The molecule has 1 amide bonds. The molecule has 0 N–H and O–H groups in total. The van der Waals surface area contributed by atoms with Gasteiger partial charge in [-0.25, -0.2) is 0 Å². The number of amides is 1. The second kappa shape index (κ2) is 9.13. The van der Waals surface area contributed by atoms with E-state index in [1.165, 1.54) is 0 Å². The van der Waals surface area contributed by atoms with Crippen LogP contribution in [0.1, 0.15) is 5.56 Å². The van der Waals surface area contributed by atoms with E-state index >= 15 is 0 Å². The SMILES string of the molecule is COc1ccc(N2C(=O)[C@H](Oc3ccccc3Br)[C@@H]2C=NCc2ccccc2)cc1. The van der Waals surface area contributed by atoms with Gasteiger partial charge < -0.3 is 9.47 Å². The van der Waals surface area contributed by atoms with Gasteiger partial charge in [0.2, 0.25) is 6.10 Å². The molecule has 30 heavy (non-hydrogen) atoms. The van der Waals surface area contributed by atoms with Gasteiger partial charge >= 0.3 is 0 Å². The summed E-state index contributed by atoms with van der Waals surface area (Å²) >= 11 is 3.48. The summed E-state index contributed by atoms with van der Waals surface area (Å²) in [6, 6.07) is 24.6. The molecule has 1 aliphatic rings. The maximum absolute atomic E-state index is 13.0. The van der Waals surface area contributed by atoms with E-state index in [1.54, 1.807) is 18.2 Å². The number of methoxy groups -OCH3 is 1. The number of carbonyl (C=O) groups excluding carboxylic acids is 1. The number of hydrogen-bond acceptors (Lipinski definition) is 4. The van der Waals surface area contributed by atoms with Crippen LogP contribution in [0, 0.1) is 0 Å². The van der Waals surface area contributed by atoms with Crippen LogP contribution in [-0.2, 0) is 11.3 Å². The van der Waals surface area contributed by atoms with Gasteiger partial charge in [-0.3, -0.25) is 14.7 Å². The molecule has 2 atom stereocenters. The van der Waals surface area contributed by atoms with Gasteiger partial charge in [0.25, 0.3) is 5.91 Å². The number of para-hydroxylation sites is 1. The lowest BCUT2D eigenvalue weighted by atomic mass is 9.97. The van der Waals surface area contributed by atoms with E-state index in [4.69, 9.17) is 9.47 Å². The fraction of sp³-hybridized carbons (Fsp3) is 0.167. The van der Waals surface area contributed by atoms with E-state index in [2.05, 4.69) is 20.9 Å². The third kappa shape index (κ3) is 4.24. The van der Waals surface area contributed by atoms with E-state index in [9.17, 15) is 4.79 Å². The van der Waals surface area contributed by atoms with Gasteiger partial charge in [0.1, 0.15) is 17.5 Å². The van der Waals surface area contributed by atoms with Crippen LogP contribution in [0.25, 0.3) is 0 Å². The first kappa shape index (κ1) is 20.2. The first-order chi connectivity index (χ1) is 14.7. The first-order valence-corrected chi connectivity index (χ1v) is 10.4. The number of β-lactam (4-membered cyclic amide) rings is 1. The predicted octanol–water partition coefficient (Wildman–Crippen LogP) is 4.89. The molecule has 3 aromatic rings. The van der Waals surface area contributed by atoms with E-state index < -0.39 is 6.10 Å². The van der Waals surface area contributed by atoms with Gasteiger partial charge in [-0.05, 0) is 57.9 Å². The molecule has 5 nitrogen and oxygen atoms in total.